The third kappa shape index (κ3) is 4.70. The lowest BCUT2D eigenvalue weighted by Crippen LogP contribution is -2.32. The number of H-pyrrole nitrogens is 1. The van der Waals surface area contributed by atoms with Crippen molar-refractivity contribution in [3.8, 4) is 11.4 Å². The van der Waals surface area contributed by atoms with Gasteiger partial charge in [0.1, 0.15) is 17.8 Å². The predicted molar refractivity (Wildman–Crippen MR) is 137 cm³/mol. The van der Waals surface area contributed by atoms with Crippen LogP contribution < -0.4 is 4.74 Å². The molecule has 1 N–H and O–H groups in total. The van der Waals surface area contributed by atoms with Gasteiger partial charge in [0, 0.05) is 41.3 Å². The van der Waals surface area contributed by atoms with Crippen molar-refractivity contribution in [3.63, 3.8) is 0 Å². The number of methoxy groups -OCH3 is 1. The topological polar surface area (TPSA) is 106 Å². The maximum Gasteiger partial charge on any atom is 0.243 e. The van der Waals surface area contributed by atoms with Crippen LogP contribution in [0.25, 0.3) is 16.6 Å². The number of ether oxygens (including phenoxy) is 1. The molecule has 2 heterocycles. The molecule has 0 amide bonds. The number of tetrazole rings is 1. The second-order valence-corrected chi connectivity index (χ2v) is 10.5. The van der Waals surface area contributed by atoms with E-state index in [2.05, 4.69) is 20.5 Å². The van der Waals surface area contributed by atoms with Crippen molar-refractivity contribution in [3.05, 3.63) is 95.4 Å². The van der Waals surface area contributed by atoms with E-state index < -0.39 is 10.0 Å². The van der Waals surface area contributed by atoms with Gasteiger partial charge in [0.05, 0.1) is 12.0 Å². The van der Waals surface area contributed by atoms with Crippen molar-refractivity contribution in [2.75, 3.05) is 13.7 Å². The molecule has 0 saturated heterocycles. The minimum absolute atomic E-state index is 0.0992. The van der Waals surface area contributed by atoms with Gasteiger partial charge in [-0.25, -0.2) is 8.42 Å². The van der Waals surface area contributed by atoms with Gasteiger partial charge in [-0.3, -0.25) is 0 Å². The summed E-state index contributed by atoms with van der Waals surface area (Å²) in [5.74, 6) is 0.331. The summed E-state index contributed by atoms with van der Waals surface area (Å²) in [6, 6.07) is 19.8. The fourth-order valence-electron chi connectivity index (χ4n) is 4.11. The first-order valence-electron chi connectivity index (χ1n) is 11.2. The van der Waals surface area contributed by atoms with E-state index in [0.29, 0.717) is 22.9 Å². The van der Waals surface area contributed by atoms with Crippen LogP contribution in [-0.2, 0) is 23.0 Å². The Balaban J connectivity index is 1.50. The largest absolute Gasteiger partial charge is 0.494 e. The zero-order valence-electron chi connectivity index (χ0n) is 19.4. The third-order valence-electron chi connectivity index (χ3n) is 5.99. The average molecular weight is 523 g/mol. The highest BCUT2D eigenvalue weighted by Crippen LogP contribution is 2.29. The minimum Gasteiger partial charge on any atom is -0.494 e. The summed E-state index contributed by atoms with van der Waals surface area (Å²) in [7, 11) is -2.45. The van der Waals surface area contributed by atoms with Gasteiger partial charge < -0.3 is 9.72 Å². The molecule has 0 spiro atoms. The molecule has 9 nitrogen and oxygen atoms in total. The van der Waals surface area contributed by atoms with E-state index in [-0.39, 0.29) is 18.0 Å². The van der Waals surface area contributed by atoms with Crippen molar-refractivity contribution in [1.82, 2.24) is 29.5 Å². The number of nitrogens with one attached hydrogen (secondary N) is 1. The third-order valence-corrected chi connectivity index (χ3v) is 8.20. The van der Waals surface area contributed by atoms with Crippen LogP contribution in [0.1, 0.15) is 11.1 Å². The number of halogens is 1. The number of hydrogen-bond acceptors (Lipinski definition) is 6. The Morgan fingerprint density at radius 2 is 1.86 bits per heavy atom. The van der Waals surface area contributed by atoms with Crippen LogP contribution in [0.3, 0.4) is 0 Å². The van der Waals surface area contributed by atoms with Crippen molar-refractivity contribution in [1.29, 1.82) is 0 Å². The molecule has 0 bridgehead atoms. The molecule has 5 rings (SSSR count). The number of fused-ring (bicyclic) bond motifs is 1. The smallest absolute Gasteiger partial charge is 0.243 e. The number of nitrogens with zero attached hydrogens (tertiary/aromatic N) is 5. The summed E-state index contributed by atoms with van der Waals surface area (Å²) in [6.07, 6.45) is 3.86. The summed E-state index contributed by atoms with van der Waals surface area (Å²) >= 11 is 6.40. The van der Waals surface area contributed by atoms with E-state index in [4.69, 9.17) is 16.3 Å². The van der Waals surface area contributed by atoms with Crippen molar-refractivity contribution in [2.24, 2.45) is 0 Å². The van der Waals surface area contributed by atoms with Gasteiger partial charge >= 0.3 is 0 Å². The number of aromatic nitrogens is 5. The zero-order chi connectivity index (χ0) is 25.1. The lowest BCUT2D eigenvalue weighted by Gasteiger charge is -2.23. The van der Waals surface area contributed by atoms with Gasteiger partial charge in [0.2, 0.25) is 10.0 Å². The molecule has 3 aromatic carbocycles. The summed E-state index contributed by atoms with van der Waals surface area (Å²) in [6.45, 7) is 0.383. The fourth-order valence-corrected chi connectivity index (χ4v) is 5.74. The predicted octanol–water partition coefficient (Wildman–Crippen LogP) is 4.24. The Hall–Kier alpha value is -3.73. The Kier molecular flexibility index (Phi) is 6.73. The van der Waals surface area contributed by atoms with Crippen LogP contribution >= 0.6 is 11.6 Å². The number of para-hydroxylation sites is 1. The van der Waals surface area contributed by atoms with Crippen LogP contribution in [0, 0.1) is 0 Å². The van der Waals surface area contributed by atoms with E-state index in [9.17, 15) is 8.42 Å². The summed E-state index contributed by atoms with van der Waals surface area (Å²) in [5, 5.41) is 12.7. The van der Waals surface area contributed by atoms with E-state index in [0.717, 1.165) is 22.0 Å². The molecule has 36 heavy (non-hydrogen) atoms. The van der Waals surface area contributed by atoms with Gasteiger partial charge in [0.15, 0.2) is 0 Å². The molecule has 0 unspecified atom stereocenters. The Morgan fingerprint density at radius 3 is 2.64 bits per heavy atom. The molecule has 11 heteroatoms. The van der Waals surface area contributed by atoms with Crippen LogP contribution in [0.5, 0.6) is 5.75 Å². The number of aromatic amines is 1. The first-order valence-corrected chi connectivity index (χ1v) is 13.0. The van der Waals surface area contributed by atoms with Gasteiger partial charge in [-0.2, -0.15) is 8.99 Å². The van der Waals surface area contributed by atoms with E-state index in [1.807, 2.05) is 48.7 Å². The molecule has 0 fully saturated rings. The molecule has 0 atom stereocenters. The zero-order valence-corrected chi connectivity index (χ0v) is 20.9. The maximum absolute atomic E-state index is 13.9. The molecule has 0 saturated carbocycles. The maximum atomic E-state index is 13.9. The highest BCUT2D eigenvalue weighted by atomic mass is 35.5. The van der Waals surface area contributed by atoms with Crippen molar-refractivity contribution in [2.45, 2.75) is 17.9 Å². The highest BCUT2D eigenvalue weighted by Gasteiger charge is 2.27. The van der Waals surface area contributed by atoms with E-state index in [1.165, 1.54) is 34.6 Å². The van der Waals surface area contributed by atoms with Crippen LogP contribution in [-0.4, -0.2) is 51.6 Å². The minimum atomic E-state index is -3.92. The number of hydrogen-bond donors (Lipinski definition) is 1. The first kappa shape index (κ1) is 24.0. The Morgan fingerprint density at radius 1 is 1.06 bits per heavy atom. The standard InChI is InChI=1S/C25H23ClN6O3S/c1-35-25-14-20(10-11-24(25)32-17-28-29-30-32)36(33,34)31(16-19-6-2-4-8-22(19)26)13-12-18-15-27-23-9-5-3-7-21(18)23/h2-11,14-15,17,27H,12-13,16H2,1H3. The Bertz CT molecular complexity index is 1600. The van der Waals surface area contributed by atoms with Gasteiger partial charge in [-0.15, -0.1) is 5.10 Å². The van der Waals surface area contributed by atoms with E-state index in [1.54, 1.807) is 12.1 Å². The van der Waals surface area contributed by atoms with Crippen LogP contribution in [0.15, 0.2) is 84.1 Å². The SMILES string of the molecule is COc1cc(S(=O)(=O)N(CCc2c[nH]c3ccccc23)Cc2ccccc2Cl)ccc1-n1cnnn1. The summed E-state index contributed by atoms with van der Waals surface area (Å²) < 4.78 is 36.1. The molecular formula is C25H23ClN6O3S. The molecular weight excluding hydrogens is 500 g/mol. The second kappa shape index (κ2) is 10.1. The highest BCUT2D eigenvalue weighted by molar-refractivity contribution is 7.89. The van der Waals surface area contributed by atoms with Gasteiger partial charge in [-0.05, 0) is 52.2 Å². The van der Waals surface area contributed by atoms with Crippen molar-refractivity contribution >= 4 is 32.5 Å². The van der Waals surface area contributed by atoms with Crippen LogP contribution in [0.2, 0.25) is 5.02 Å². The van der Waals surface area contributed by atoms with Gasteiger partial charge in [0.25, 0.3) is 0 Å². The summed E-state index contributed by atoms with van der Waals surface area (Å²) in [4.78, 5) is 3.35. The Labute approximate surface area is 213 Å². The molecule has 0 aliphatic heterocycles. The molecule has 184 valence electrons. The molecule has 0 aliphatic rings. The average Bonchev–Trinajstić information content (AvgIpc) is 3.57. The van der Waals surface area contributed by atoms with Crippen LogP contribution in [0.4, 0.5) is 0 Å². The second-order valence-electron chi connectivity index (χ2n) is 8.13. The number of benzene rings is 3. The van der Waals surface area contributed by atoms with Gasteiger partial charge in [-0.1, -0.05) is 48.0 Å². The quantitative estimate of drug-likeness (QED) is 0.310. The lowest BCUT2D eigenvalue weighted by molar-refractivity contribution is 0.403. The normalized spacial score (nSPS) is 11.9. The molecule has 2 aromatic heterocycles. The monoisotopic (exact) mass is 522 g/mol. The van der Waals surface area contributed by atoms with Crippen molar-refractivity contribution < 1.29 is 13.2 Å². The van der Waals surface area contributed by atoms with E-state index >= 15 is 0 Å². The number of sulfonamides is 1. The first-order chi connectivity index (χ1) is 17.5. The molecule has 5 aromatic rings. The lowest BCUT2D eigenvalue weighted by atomic mass is 10.1. The molecule has 0 aliphatic carbocycles. The summed E-state index contributed by atoms with van der Waals surface area (Å²) in [5.41, 5.74) is 3.30. The molecule has 0 radical (unpaired) electrons. The number of rotatable bonds is 9. The fraction of sp³-hybridized carbons (Fsp3) is 0.160.